The highest BCUT2D eigenvalue weighted by molar-refractivity contribution is 6.04. The molecule has 2 aliphatic rings. The van der Waals surface area contributed by atoms with Crippen LogP contribution in [0.3, 0.4) is 0 Å². The van der Waals surface area contributed by atoms with E-state index in [2.05, 4.69) is 15.6 Å². The van der Waals surface area contributed by atoms with E-state index in [1.807, 2.05) is 0 Å². The first-order valence-corrected chi connectivity index (χ1v) is 15.0. The minimum Gasteiger partial charge on any atom is -0.504 e. The number of aromatic nitrogens is 1. The molecule has 3 heterocycles. The van der Waals surface area contributed by atoms with E-state index in [1.165, 1.54) is 54.7 Å². The van der Waals surface area contributed by atoms with E-state index in [4.69, 9.17) is 10.5 Å². The number of allylic oxidation sites excluding steroid dienone is 2. The Hall–Kier alpha value is -5.46. The lowest BCUT2D eigenvalue weighted by Gasteiger charge is -2.24. The highest BCUT2D eigenvalue weighted by atomic mass is 19.3. The fourth-order valence-corrected chi connectivity index (χ4v) is 5.73. The van der Waals surface area contributed by atoms with Crippen LogP contribution in [0.25, 0.3) is 22.3 Å². The van der Waals surface area contributed by atoms with Gasteiger partial charge in [0.25, 0.3) is 5.91 Å². The third-order valence-electron chi connectivity index (χ3n) is 8.30. The first-order valence-electron chi connectivity index (χ1n) is 15.0. The zero-order chi connectivity index (χ0) is 33.1. The number of carbonyl (C=O) groups excluding carboxylic acids is 1. The van der Waals surface area contributed by atoms with Gasteiger partial charge in [0.2, 0.25) is 5.43 Å². The van der Waals surface area contributed by atoms with Crippen LogP contribution in [0.4, 0.5) is 14.6 Å². The molecule has 0 spiro atoms. The molecule has 242 valence electrons. The van der Waals surface area contributed by atoms with Gasteiger partial charge in [0.05, 0.1) is 0 Å². The van der Waals surface area contributed by atoms with Crippen molar-refractivity contribution in [2.24, 2.45) is 11.7 Å². The first-order chi connectivity index (χ1) is 22.7. The molecule has 4 aromatic rings. The quantitative estimate of drug-likeness (QED) is 0.162. The molecular weight excluding hydrogens is 610 g/mol. The van der Waals surface area contributed by atoms with Crippen molar-refractivity contribution in [1.82, 2.24) is 9.88 Å². The Morgan fingerprint density at radius 3 is 2.45 bits per heavy atom. The van der Waals surface area contributed by atoms with E-state index >= 15 is 4.39 Å². The number of nitrogens with two attached hydrogens (primary N) is 1. The molecule has 1 saturated heterocycles. The Morgan fingerprint density at radius 2 is 1.74 bits per heavy atom. The third-order valence-corrected chi connectivity index (χ3v) is 8.30. The summed E-state index contributed by atoms with van der Waals surface area (Å²) in [5.41, 5.74) is 8.14. The van der Waals surface area contributed by atoms with E-state index in [0.717, 1.165) is 18.9 Å². The topological polar surface area (TPSA) is 148 Å². The molecule has 1 unspecified atom stereocenters. The van der Waals surface area contributed by atoms with Crippen molar-refractivity contribution in [2.45, 2.75) is 25.6 Å². The molecule has 0 bridgehead atoms. The van der Waals surface area contributed by atoms with E-state index < -0.39 is 23.3 Å². The zero-order valence-electron chi connectivity index (χ0n) is 25.1. The molecule has 6 N–H and O–H groups in total. The smallest absolute Gasteiger partial charge is 0.261 e. The average Bonchev–Trinajstić information content (AvgIpc) is 3.08. The minimum absolute atomic E-state index is 0.0247. The number of hydrogen-bond donors (Lipinski definition) is 5. The number of pyridine rings is 1. The van der Waals surface area contributed by atoms with Crippen molar-refractivity contribution in [2.75, 3.05) is 18.5 Å². The Bertz CT molecular complexity index is 1930. The molecule has 1 aromatic heterocycles. The molecule has 1 amide bonds. The summed E-state index contributed by atoms with van der Waals surface area (Å²) in [5, 5.41) is 25.2. The van der Waals surface area contributed by atoms with E-state index in [0.29, 0.717) is 42.0 Å². The second-order valence-corrected chi connectivity index (χ2v) is 11.5. The van der Waals surface area contributed by atoms with Gasteiger partial charge in [0.15, 0.2) is 17.2 Å². The number of ether oxygens (including phenoxy) is 1. The highest BCUT2D eigenvalue weighted by Gasteiger charge is 2.22. The van der Waals surface area contributed by atoms with Crippen LogP contribution in [0.5, 0.6) is 17.2 Å². The van der Waals surface area contributed by atoms with Gasteiger partial charge in [0.1, 0.15) is 17.5 Å². The first kappa shape index (κ1) is 31.5. The number of dihydropyridines is 1. The van der Waals surface area contributed by atoms with E-state index in [9.17, 15) is 24.3 Å². The number of phenols is 2. The molecular formula is C35H32F2N4O6. The van der Waals surface area contributed by atoms with Gasteiger partial charge in [-0.3, -0.25) is 14.5 Å². The molecule has 3 aromatic carbocycles. The molecule has 1 atom stereocenters. The Morgan fingerprint density at radius 1 is 1.00 bits per heavy atom. The normalized spacial score (nSPS) is 16.5. The molecule has 47 heavy (non-hydrogen) atoms. The SMILES string of the molecule is NC1NC=C(c2ccc(O)c(O)c2)C=C1c1ccc(NC(=O)c2cn(CC3CCOCC3)cc(-c3ccc(OF)cc3)c2=O)cc1F. The highest BCUT2D eigenvalue weighted by Crippen LogP contribution is 2.33. The third kappa shape index (κ3) is 6.88. The van der Waals surface area contributed by atoms with E-state index in [-0.39, 0.29) is 45.5 Å². The summed E-state index contributed by atoms with van der Waals surface area (Å²) in [6.45, 7) is 1.82. The Kier molecular flexibility index (Phi) is 9.05. The van der Waals surface area contributed by atoms with Crippen LogP contribution >= 0.6 is 0 Å². The van der Waals surface area contributed by atoms with Gasteiger partial charge in [-0.05, 0) is 89.6 Å². The molecule has 0 saturated carbocycles. The predicted octanol–water partition coefficient (Wildman–Crippen LogP) is 5.32. The van der Waals surface area contributed by atoms with E-state index in [1.54, 1.807) is 29.1 Å². The summed E-state index contributed by atoms with van der Waals surface area (Å²) in [6, 6.07) is 14.3. The van der Waals surface area contributed by atoms with Gasteiger partial charge >= 0.3 is 0 Å². The van der Waals surface area contributed by atoms with Gasteiger partial charge in [-0.1, -0.05) is 18.2 Å². The summed E-state index contributed by atoms with van der Waals surface area (Å²) in [6.07, 6.45) is 7.38. The summed E-state index contributed by atoms with van der Waals surface area (Å²) in [7, 11) is 0. The number of carbonyl (C=O) groups is 1. The second-order valence-electron chi connectivity index (χ2n) is 11.5. The largest absolute Gasteiger partial charge is 0.504 e. The number of rotatable bonds is 8. The summed E-state index contributed by atoms with van der Waals surface area (Å²) in [5.74, 6) is -1.70. The van der Waals surface area contributed by atoms with Crippen LogP contribution in [0, 0.1) is 11.7 Å². The van der Waals surface area contributed by atoms with Crippen molar-refractivity contribution in [3.8, 4) is 28.4 Å². The number of aromatic hydroxyl groups is 2. The average molecular weight is 643 g/mol. The number of hydrogen-bond acceptors (Lipinski definition) is 8. The number of nitrogens with one attached hydrogen (secondary N) is 2. The number of anilines is 1. The number of amides is 1. The lowest BCUT2D eigenvalue weighted by molar-refractivity contribution is -0.00618. The van der Waals surface area contributed by atoms with Crippen molar-refractivity contribution in [3.63, 3.8) is 0 Å². The molecule has 10 nitrogen and oxygen atoms in total. The fourth-order valence-electron chi connectivity index (χ4n) is 5.73. The number of phenolic OH excluding ortho intramolecular Hbond substituents is 2. The molecule has 12 heteroatoms. The summed E-state index contributed by atoms with van der Waals surface area (Å²) >= 11 is 0. The van der Waals surface area contributed by atoms with Crippen molar-refractivity contribution in [1.29, 1.82) is 0 Å². The number of nitrogens with zero attached hydrogens (tertiary/aromatic N) is 1. The predicted molar refractivity (Wildman–Crippen MR) is 173 cm³/mol. The fraction of sp³-hybridized carbons (Fsp3) is 0.200. The molecule has 1 fully saturated rings. The standard InChI is InChI=1S/C35H32F2N4O6/c36-30-15-24(4-7-26(30)27-13-23(16-39-34(27)38)22-3-8-31(42)32(43)14-22)40-35(45)29-19-41(17-20-9-11-46-12-10-20)18-28(33(29)44)21-1-5-25(47-37)6-2-21/h1-8,13-16,18-20,34,39,42-43H,9-12,17,38H2,(H,40,45). The molecule has 2 aliphatic heterocycles. The second kappa shape index (κ2) is 13.5. The molecule has 6 rings (SSSR count). The maximum Gasteiger partial charge on any atom is 0.261 e. The Balaban J connectivity index is 1.28. The van der Waals surface area contributed by atoms with Crippen LogP contribution in [0.2, 0.25) is 0 Å². The maximum absolute atomic E-state index is 15.6. The van der Waals surface area contributed by atoms with Crippen molar-refractivity contribution < 1.29 is 33.6 Å². The van der Waals surface area contributed by atoms with Crippen molar-refractivity contribution in [3.05, 3.63) is 118 Å². The Labute approximate surface area is 268 Å². The van der Waals surface area contributed by atoms with Gasteiger partial charge in [-0.15, -0.1) is 0 Å². The van der Waals surface area contributed by atoms with Crippen LogP contribution in [0.1, 0.15) is 34.3 Å². The number of benzene rings is 3. The van der Waals surface area contributed by atoms with Crippen molar-refractivity contribution >= 4 is 22.7 Å². The van der Waals surface area contributed by atoms with Gasteiger partial charge in [0, 0.05) is 59.7 Å². The maximum atomic E-state index is 15.6. The van der Waals surface area contributed by atoms with Crippen LogP contribution in [-0.4, -0.2) is 40.1 Å². The lowest BCUT2D eigenvalue weighted by atomic mass is 9.94. The van der Waals surface area contributed by atoms with Gasteiger partial charge < -0.3 is 35.9 Å². The summed E-state index contributed by atoms with van der Waals surface area (Å²) < 4.78 is 35.5. The van der Waals surface area contributed by atoms with Crippen LogP contribution in [-0.2, 0) is 11.3 Å². The lowest BCUT2D eigenvalue weighted by Crippen LogP contribution is -2.37. The monoisotopic (exact) mass is 642 g/mol. The van der Waals surface area contributed by atoms with Gasteiger partial charge in [-0.25, -0.2) is 4.39 Å². The zero-order valence-corrected chi connectivity index (χ0v) is 25.1. The minimum atomic E-state index is -0.748. The number of halogens is 2. The summed E-state index contributed by atoms with van der Waals surface area (Å²) in [4.78, 5) is 30.9. The molecule has 0 radical (unpaired) electrons. The van der Waals surface area contributed by atoms with Crippen LogP contribution < -0.4 is 26.7 Å². The van der Waals surface area contributed by atoms with Gasteiger partial charge in [-0.2, -0.15) is 0 Å². The molecule has 0 aliphatic carbocycles. The van der Waals surface area contributed by atoms with Crippen LogP contribution in [0.15, 0.2) is 90.1 Å².